The largest absolute Gasteiger partial charge is 0.289 e. The molecule has 0 rings (SSSR count). The number of aliphatic imine (C=N–C) groups is 1. The average molecular weight is 197 g/mol. The number of nitrogens with zero attached hydrogens (tertiary/aromatic N) is 1. The zero-order valence-electron chi connectivity index (χ0n) is 10.9. The lowest BCUT2D eigenvalue weighted by Gasteiger charge is -2.15. The van der Waals surface area contributed by atoms with Crippen molar-refractivity contribution in [3.63, 3.8) is 0 Å². The summed E-state index contributed by atoms with van der Waals surface area (Å²) >= 11 is 0. The molecule has 1 heteroatoms. The summed E-state index contributed by atoms with van der Waals surface area (Å²) in [4.78, 5) is 4.66. The van der Waals surface area contributed by atoms with Crippen LogP contribution in [0.2, 0.25) is 0 Å². The third-order valence-electron chi connectivity index (χ3n) is 2.31. The molecular formula is C13H27N. The molecule has 0 radical (unpaired) electrons. The molecule has 1 atom stereocenters. The highest BCUT2D eigenvalue weighted by molar-refractivity contribution is 5.82. The van der Waals surface area contributed by atoms with Crippen LogP contribution in [0.1, 0.15) is 67.2 Å². The van der Waals surface area contributed by atoms with Crippen LogP contribution in [0, 0.1) is 5.92 Å². The molecule has 1 nitrogen and oxygen atoms in total. The van der Waals surface area contributed by atoms with Crippen LogP contribution >= 0.6 is 0 Å². The molecule has 0 aromatic rings. The second-order valence-corrected chi connectivity index (χ2v) is 5.45. The molecule has 0 N–H and O–H groups in total. The first kappa shape index (κ1) is 13.7. The van der Waals surface area contributed by atoms with Crippen molar-refractivity contribution >= 4 is 5.71 Å². The Morgan fingerprint density at radius 2 is 1.79 bits per heavy atom. The van der Waals surface area contributed by atoms with Gasteiger partial charge < -0.3 is 0 Å². The smallest absolute Gasteiger partial charge is 0.0523 e. The van der Waals surface area contributed by atoms with Gasteiger partial charge in [-0.2, -0.15) is 0 Å². The van der Waals surface area contributed by atoms with E-state index < -0.39 is 0 Å². The molecule has 0 aliphatic heterocycles. The maximum atomic E-state index is 4.66. The summed E-state index contributed by atoms with van der Waals surface area (Å²) in [5.41, 5.74) is 1.40. The van der Waals surface area contributed by atoms with E-state index in [1.54, 1.807) is 0 Å². The fraction of sp³-hybridized carbons (Fsp3) is 0.923. The van der Waals surface area contributed by atoms with Crippen molar-refractivity contribution in [3.05, 3.63) is 0 Å². The van der Waals surface area contributed by atoms with E-state index >= 15 is 0 Å². The number of hydrogen-bond donors (Lipinski definition) is 0. The van der Waals surface area contributed by atoms with E-state index in [2.05, 4.69) is 46.5 Å². The first-order valence-corrected chi connectivity index (χ1v) is 5.90. The third-order valence-corrected chi connectivity index (χ3v) is 2.31. The lowest BCUT2D eigenvalue weighted by Crippen LogP contribution is -2.13. The van der Waals surface area contributed by atoms with Crippen LogP contribution in [0.5, 0.6) is 0 Å². The van der Waals surface area contributed by atoms with Crippen LogP contribution in [-0.4, -0.2) is 11.3 Å². The van der Waals surface area contributed by atoms with E-state index in [0.29, 0.717) is 0 Å². The van der Waals surface area contributed by atoms with E-state index in [-0.39, 0.29) is 5.54 Å². The van der Waals surface area contributed by atoms with Crippen LogP contribution < -0.4 is 0 Å². The number of hydrogen-bond acceptors (Lipinski definition) is 1. The highest BCUT2D eigenvalue weighted by atomic mass is 14.8. The Hall–Kier alpha value is -0.330. The molecule has 0 saturated heterocycles. The van der Waals surface area contributed by atoms with Crippen molar-refractivity contribution in [1.82, 2.24) is 0 Å². The maximum Gasteiger partial charge on any atom is 0.0523 e. The predicted molar refractivity (Wildman–Crippen MR) is 66.2 cm³/mol. The van der Waals surface area contributed by atoms with Gasteiger partial charge in [-0.3, -0.25) is 4.99 Å². The van der Waals surface area contributed by atoms with Gasteiger partial charge >= 0.3 is 0 Å². The monoisotopic (exact) mass is 197 g/mol. The van der Waals surface area contributed by atoms with Gasteiger partial charge in [-0.1, -0.05) is 26.7 Å². The van der Waals surface area contributed by atoms with Gasteiger partial charge in [-0.25, -0.2) is 0 Å². The average Bonchev–Trinajstić information content (AvgIpc) is 1.98. The van der Waals surface area contributed by atoms with Crippen molar-refractivity contribution in [2.24, 2.45) is 10.9 Å². The van der Waals surface area contributed by atoms with E-state index in [1.807, 2.05) is 0 Å². The molecule has 0 amide bonds. The standard InChI is InChI=1S/C13H27N/c1-7-8-11(2)9-10-12(3)14-13(4,5)6/h11H,7-10H2,1-6H3. The van der Waals surface area contributed by atoms with Gasteiger partial charge in [-0.15, -0.1) is 0 Å². The molecule has 14 heavy (non-hydrogen) atoms. The molecule has 0 aliphatic carbocycles. The van der Waals surface area contributed by atoms with Crippen molar-refractivity contribution < 1.29 is 0 Å². The molecule has 0 aromatic carbocycles. The molecule has 0 bridgehead atoms. The zero-order valence-corrected chi connectivity index (χ0v) is 10.9. The minimum absolute atomic E-state index is 0.0953. The molecule has 0 saturated carbocycles. The lowest BCUT2D eigenvalue weighted by molar-refractivity contribution is 0.493. The van der Waals surface area contributed by atoms with E-state index in [9.17, 15) is 0 Å². The normalized spacial score (nSPS) is 15.7. The Morgan fingerprint density at radius 1 is 1.21 bits per heavy atom. The van der Waals surface area contributed by atoms with Gasteiger partial charge in [0, 0.05) is 5.71 Å². The number of rotatable bonds is 5. The SMILES string of the molecule is CCCC(C)CCC(C)=NC(C)(C)C. The second kappa shape index (κ2) is 6.21. The molecule has 1 unspecified atom stereocenters. The van der Waals surface area contributed by atoms with Gasteiger partial charge in [-0.05, 0) is 46.5 Å². The van der Waals surface area contributed by atoms with Crippen LogP contribution in [0.3, 0.4) is 0 Å². The van der Waals surface area contributed by atoms with Crippen LogP contribution in [0.15, 0.2) is 4.99 Å². The summed E-state index contributed by atoms with van der Waals surface area (Å²) in [6.07, 6.45) is 5.11. The van der Waals surface area contributed by atoms with Crippen LogP contribution in [-0.2, 0) is 0 Å². The Morgan fingerprint density at radius 3 is 2.21 bits per heavy atom. The Balaban J connectivity index is 3.84. The summed E-state index contributed by atoms with van der Waals surface area (Å²) in [5, 5.41) is 0. The third kappa shape index (κ3) is 8.28. The van der Waals surface area contributed by atoms with Crippen molar-refractivity contribution in [3.8, 4) is 0 Å². The molecule has 0 heterocycles. The van der Waals surface area contributed by atoms with Crippen molar-refractivity contribution in [1.29, 1.82) is 0 Å². The van der Waals surface area contributed by atoms with Gasteiger partial charge in [0.15, 0.2) is 0 Å². The molecule has 0 fully saturated rings. The Kier molecular flexibility index (Phi) is 6.06. The van der Waals surface area contributed by atoms with Gasteiger partial charge in [0.25, 0.3) is 0 Å². The van der Waals surface area contributed by atoms with Gasteiger partial charge in [0.2, 0.25) is 0 Å². The molecule has 0 spiro atoms. The Bertz CT molecular complexity index is 174. The maximum absolute atomic E-state index is 4.66. The van der Waals surface area contributed by atoms with Gasteiger partial charge in [0.1, 0.15) is 0 Å². The van der Waals surface area contributed by atoms with Crippen LogP contribution in [0.25, 0.3) is 0 Å². The van der Waals surface area contributed by atoms with Crippen LogP contribution in [0.4, 0.5) is 0 Å². The first-order chi connectivity index (χ1) is 6.35. The zero-order chi connectivity index (χ0) is 11.2. The quantitative estimate of drug-likeness (QED) is 0.577. The summed E-state index contributed by atoms with van der Waals surface area (Å²) < 4.78 is 0. The fourth-order valence-corrected chi connectivity index (χ4v) is 1.72. The molecular weight excluding hydrogens is 170 g/mol. The second-order valence-electron chi connectivity index (χ2n) is 5.45. The predicted octanol–water partition coefficient (Wildman–Crippen LogP) is 4.46. The minimum Gasteiger partial charge on any atom is -0.289 e. The molecule has 0 aliphatic rings. The fourth-order valence-electron chi connectivity index (χ4n) is 1.72. The topological polar surface area (TPSA) is 12.4 Å². The van der Waals surface area contributed by atoms with E-state index in [4.69, 9.17) is 0 Å². The van der Waals surface area contributed by atoms with E-state index in [1.165, 1.54) is 31.4 Å². The van der Waals surface area contributed by atoms with Crippen molar-refractivity contribution in [2.75, 3.05) is 0 Å². The summed E-state index contributed by atoms with van der Waals surface area (Å²) in [5.74, 6) is 0.852. The summed E-state index contributed by atoms with van der Waals surface area (Å²) in [6, 6.07) is 0. The summed E-state index contributed by atoms with van der Waals surface area (Å²) in [7, 11) is 0. The van der Waals surface area contributed by atoms with Crippen molar-refractivity contribution in [2.45, 2.75) is 72.8 Å². The van der Waals surface area contributed by atoms with E-state index in [0.717, 1.165) is 5.92 Å². The lowest BCUT2D eigenvalue weighted by atomic mass is 9.98. The highest BCUT2D eigenvalue weighted by Gasteiger charge is 2.08. The van der Waals surface area contributed by atoms with Gasteiger partial charge in [0.05, 0.1) is 5.54 Å². The molecule has 84 valence electrons. The Labute approximate surface area is 90.0 Å². The minimum atomic E-state index is 0.0953. The first-order valence-electron chi connectivity index (χ1n) is 5.90. The molecule has 0 aromatic heterocycles. The summed E-state index contributed by atoms with van der Waals surface area (Å²) in [6.45, 7) is 13.2. The highest BCUT2D eigenvalue weighted by Crippen LogP contribution is 2.14.